The van der Waals surface area contributed by atoms with Gasteiger partial charge in [-0.1, -0.05) is 24.3 Å². The van der Waals surface area contributed by atoms with Crippen molar-refractivity contribution in [2.45, 2.75) is 31.3 Å². The Bertz CT molecular complexity index is 509. The van der Waals surface area contributed by atoms with Crippen LogP contribution >= 0.6 is 11.3 Å². The van der Waals surface area contributed by atoms with Gasteiger partial charge in [0.2, 0.25) is 0 Å². The van der Waals surface area contributed by atoms with E-state index in [0.29, 0.717) is 6.42 Å². The number of aliphatic hydroxyl groups is 1. The second-order valence-electron chi connectivity index (χ2n) is 4.64. The molecule has 1 N–H and O–H groups in total. The first-order chi connectivity index (χ1) is 8.28. The fraction of sp³-hybridized carbons (Fsp3) is 0.357. The highest BCUT2D eigenvalue weighted by atomic mass is 32.1. The number of aryl methyl sites for hydroxylation is 1. The summed E-state index contributed by atoms with van der Waals surface area (Å²) in [5.41, 5.74) is 1.67. The first-order valence-electron chi connectivity index (χ1n) is 5.97. The van der Waals surface area contributed by atoms with E-state index in [2.05, 4.69) is 17.1 Å². The Hall–Kier alpha value is -1.19. The molecular formula is C14H15NOS. The van der Waals surface area contributed by atoms with Crippen LogP contribution in [0, 0.1) is 0 Å². The van der Waals surface area contributed by atoms with Gasteiger partial charge in [0.05, 0.1) is 10.6 Å². The van der Waals surface area contributed by atoms with Gasteiger partial charge in [-0.25, -0.2) is 4.98 Å². The first-order valence-corrected chi connectivity index (χ1v) is 6.85. The Morgan fingerprint density at radius 2 is 2.24 bits per heavy atom. The molecule has 1 aliphatic rings. The third-order valence-corrected chi connectivity index (χ3v) is 4.26. The number of hydrogen-bond donors (Lipinski definition) is 1. The van der Waals surface area contributed by atoms with Gasteiger partial charge in [0.15, 0.2) is 0 Å². The lowest BCUT2D eigenvalue weighted by Crippen LogP contribution is -2.32. The molecule has 0 aliphatic heterocycles. The number of benzene rings is 1. The monoisotopic (exact) mass is 245 g/mol. The highest BCUT2D eigenvalue weighted by Gasteiger charge is 2.34. The molecule has 1 aromatic carbocycles. The molecule has 88 valence electrons. The van der Waals surface area contributed by atoms with Gasteiger partial charge in [0.1, 0.15) is 0 Å². The number of thiazole rings is 1. The smallest absolute Gasteiger partial charge is 0.0962 e. The van der Waals surface area contributed by atoms with Crippen LogP contribution in [-0.2, 0) is 18.4 Å². The summed E-state index contributed by atoms with van der Waals surface area (Å²) in [7, 11) is 0. The molecule has 1 aromatic heterocycles. The lowest BCUT2D eigenvalue weighted by molar-refractivity contribution is 0.0190. The van der Waals surface area contributed by atoms with E-state index in [4.69, 9.17) is 0 Å². The van der Waals surface area contributed by atoms with Crippen molar-refractivity contribution in [1.82, 2.24) is 4.98 Å². The predicted molar refractivity (Wildman–Crippen MR) is 69.1 cm³/mol. The molecule has 3 heteroatoms. The fourth-order valence-electron chi connectivity index (χ4n) is 2.67. The summed E-state index contributed by atoms with van der Waals surface area (Å²) in [6, 6.07) is 8.24. The topological polar surface area (TPSA) is 33.1 Å². The van der Waals surface area contributed by atoms with Crippen molar-refractivity contribution in [1.29, 1.82) is 0 Å². The van der Waals surface area contributed by atoms with Crippen molar-refractivity contribution < 1.29 is 5.11 Å². The lowest BCUT2D eigenvalue weighted by atomic mass is 9.77. The molecule has 1 heterocycles. The average Bonchev–Trinajstić information content (AvgIpc) is 2.82. The van der Waals surface area contributed by atoms with Crippen LogP contribution in [0.2, 0.25) is 0 Å². The highest BCUT2D eigenvalue weighted by molar-refractivity contribution is 7.09. The highest BCUT2D eigenvalue weighted by Crippen LogP contribution is 2.37. The van der Waals surface area contributed by atoms with Gasteiger partial charge >= 0.3 is 0 Å². The molecule has 0 radical (unpaired) electrons. The average molecular weight is 245 g/mol. The molecule has 0 fully saturated rings. The summed E-state index contributed by atoms with van der Waals surface area (Å²) >= 11 is 1.62. The first kappa shape index (κ1) is 10.9. The van der Waals surface area contributed by atoms with E-state index in [1.807, 2.05) is 17.5 Å². The summed E-state index contributed by atoms with van der Waals surface area (Å²) in [4.78, 5) is 4.29. The molecule has 1 unspecified atom stereocenters. The second-order valence-corrected chi connectivity index (χ2v) is 5.62. The molecule has 3 rings (SSSR count). The Labute approximate surface area is 105 Å². The summed E-state index contributed by atoms with van der Waals surface area (Å²) in [5.74, 6) is 0. The van der Waals surface area contributed by atoms with E-state index in [0.717, 1.165) is 29.8 Å². The third-order valence-electron chi connectivity index (χ3n) is 3.48. The van der Waals surface area contributed by atoms with Crippen LogP contribution in [0.3, 0.4) is 0 Å². The van der Waals surface area contributed by atoms with E-state index >= 15 is 0 Å². The van der Waals surface area contributed by atoms with E-state index in [-0.39, 0.29) is 0 Å². The van der Waals surface area contributed by atoms with E-state index in [9.17, 15) is 5.11 Å². The van der Waals surface area contributed by atoms with Crippen LogP contribution in [0.4, 0.5) is 0 Å². The lowest BCUT2D eigenvalue weighted by Gasteiger charge is -2.34. The number of rotatable bonds is 2. The van der Waals surface area contributed by atoms with Gasteiger partial charge in [-0.3, -0.25) is 0 Å². The maximum Gasteiger partial charge on any atom is 0.0962 e. The Morgan fingerprint density at radius 3 is 3.06 bits per heavy atom. The van der Waals surface area contributed by atoms with E-state index in [1.165, 1.54) is 5.56 Å². The number of fused-ring (bicyclic) bond motifs is 1. The van der Waals surface area contributed by atoms with Crippen LogP contribution in [0.1, 0.15) is 29.0 Å². The zero-order valence-corrected chi connectivity index (χ0v) is 10.4. The van der Waals surface area contributed by atoms with Crippen LogP contribution in [0.25, 0.3) is 0 Å². The van der Waals surface area contributed by atoms with Crippen LogP contribution in [-0.4, -0.2) is 10.1 Å². The largest absolute Gasteiger partial charge is 0.385 e. The molecular weight excluding hydrogens is 230 g/mol. The SMILES string of the molecule is OC1(Cc2nccs2)CCCc2ccccc21. The van der Waals surface area contributed by atoms with Gasteiger partial charge in [0, 0.05) is 18.0 Å². The van der Waals surface area contributed by atoms with Crippen molar-refractivity contribution in [3.63, 3.8) is 0 Å². The van der Waals surface area contributed by atoms with Gasteiger partial charge < -0.3 is 5.11 Å². The number of aromatic nitrogens is 1. The minimum atomic E-state index is -0.716. The molecule has 0 amide bonds. The molecule has 2 nitrogen and oxygen atoms in total. The molecule has 2 aromatic rings. The minimum Gasteiger partial charge on any atom is -0.385 e. The van der Waals surface area contributed by atoms with Gasteiger partial charge in [-0.15, -0.1) is 11.3 Å². The second kappa shape index (κ2) is 4.24. The van der Waals surface area contributed by atoms with Crippen LogP contribution < -0.4 is 0 Å². The molecule has 0 saturated heterocycles. The van der Waals surface area contributed by atoms with Crippen LogP contribution in [0.5, 0.6) is 0 Å². The van der Waals surface area contributed by atoms with E-state index < -0.39 is 5.60 Å². The molecule has 1 aliphatic carbocycles. The zero-order chi connectivity index (χ0) is 11.7. The number of hydrogen-bond acceptors (Lipinski definition) is 3. The minimum absolute atomic E-state index is 0.641. The van der Waals surface area contributed by atoms with Crippen LogP contribution in [0.15, 0.2) is 35.8 Å². The van der Waals surface area contributed by atoms with Crippen molar-refractivity contribution in [2.24, 2.45) is 0 Å². The fourth-order valence-corrected chi connectivity index (χ4v) is 3.39. The summed E-state index contributed by atoms with van der Waals surface area (Å²) < 4.78 is 0. The van der Waals surface area contributed by atoms with Crippen molar-refractivity contribution >= 4 is 11.3 Å². The van der Waals surface area contributed by atoms with Crippen molar-refractivity contribution in [3.05, 3.63) is 52.0 Å². The summed E-state index contributed by atoms with van der Waals surface area (Å²) in [6.07, 6.45) is 5.42. The molecule has 0 spiro atoms. The van der Waals surface area contributed by atoms with Gasteiger partial charge in [-0.2, -0.15) is 0 Å². The summed E-state index contributed by atoms with van der Waals surface area (Å²) in [5, 5.41) is 13.8. The Balaban J connectivity index is 1.98. The molecule has 0 saturated carbocycles. The van der Waals surface area contributed by atoms with E-state index in [1.54, 1.807) is 17.5 Å². The van der Waals surface area contributed by atoms with Crippen molar-refractivity contribution in [2.75, 3.05) is 0 Å². The molecule has 0 bridgehead atoms. The molecule has 17 heavy (non-hydrogen) atoms. The maximum atomic E-state index is 10.9. The normalized spacial score (nSPS) is 23.4. The van der Waals surface area contributed by atoms with Gasteiger partial charge in [-0.05, 0) is 30.4 Å². The third kappa shape index (κ3) is 2.01. The number of nitrogens with zero attached hydrogens (tertiary/aromatic N) is 1. The zero-order valence-electron chi connectivity index (χ0n) is 9.60. The maximum absolute atomic E-state index is 10.9. The van der Waals surface area contributed by atoms with Gasteiger partial charge in [0.25, 0.3) is 0 Å². The Kier molecular flexibility index (Phi) is 2.73. The molecule has 1 atom stereocenters. The Morgan fingerprint density at radius 1 is 1.35 bits per heavy atom. The summed E-state index contributed by atoms with van der Waals surface area (Å²) in [6.45, 7) is 0. The standard InChI is InChI=1S/C14H15NOS/c16-14(10-13-15-8-9-17-13)7-3-5-11-4-1-2-6-12(11)14/h1-2,4,6,8-9,16H,3,5,7,10H2. The quantitative estimate of drug-likeness (QED) is 0.882. The van der Waals surface area contributed by atoms with Crippen molar-refractivity contribution in [3.8, 4) is 0 Å². The predicted octanol–water partition coefficient (Wildman–Crippen LogP) is 2.91.